The van der Waals surface area contributed by atoms with E-state index in [2.05, 4.69) is 12.2 Å². The lowest BCUT2D eigenvalue weighted by Gasteiger charge is -2.44. The minimum Gasteiger partial charge on any atom is -0.497 e. The average Bonchev–Trinajstić information content (AvgIpc) is 2.90. The molecule has 33 heavy (non-hydrogen) atoms. The molecule has 2 saturated heterocycles. The predicted molar refractivity (Wildman–Crippen MR) is 125 cm³/mol. The lowest BCUT2D eigenvalue weighted by atomic mass is 9.72. The highest BCUT2D eigenvalue weighted by Gasteiger charge is 2.62. The third-order valence-corrected chi connectivity index (χ3v) is 7.85. The third kappa shape index (κ3) is 3.68. The molecule has 1 saturated carbocycles. The van der Waals surface area contributed by atoms with Gasteiger partial charge >= 0.3 is 6.09 Å². The largest absolute Gasteiger partial charge is 0.497 e. The number of allylic oxidation sites excluding steroid dienone is 1. The molecule has 0 aromatic heterocycles. The number of hydrogen-bond donors (Lipinski definition) is 1. The summed E-state index contributed by atoms with van der Waals surface area (Å²) >= 11 is 17.4. The van der Waals surface area contributed by atoms with E-state index < -0.39 is 15.3 Å². The number of halogens is 3. The Bertz CT molecular complexity index is 1030. The minimum absolute atomic E-state index is 0.0518. The zero-order valence-corrected chi connectivity index (χ0v) is 20.5. The molecule has 1 spiro atoms. The fourth-order valence-corrected chi connectivity index (χ4v) is 6.20. The normalized spacial score (nSPS) is 32.2. The molecule has 2 amide bonds. The molecule has 4 aliphatic heterocycles. The highest BCUT2D eigenvalue weighted by Crippen LogP contribution is 2.56. The van der Waals surface area contributed by atoms with Crippen molar-refractivity contribution in [3.63, 3.8) is 0 Å². The third-order valence-electron chi connectivity index (χ3n) is 7.53. The van der Waals surface area contributed by atoms with Gasteiger partial charge in [0.2, 0.25) is 9.70 Å². The Labute approximate surface area is 207 Å². The van der Waals surface area contributed by atoms with Crippen LogP contribution >= 0.6 is 34.8 Å². The van der Waals surface area contributed by atoms with Crippen molar-refractivity contribution in [2.75, 3.05) is 25.6 Å². The first-order valence-corrected chi connectivity index (χ1v) is 12.2. The summed E-state index contributed by atoms with van der Waals surface area (Å²) in [6, 6.07) is 5.32. The number of carbonyl (C=O) groups is 2. The Kier molecular flexibility index (Phi) is 5.75. The number of benzene rings is 1. The maximum Gasteiger partial charge on any atom is 0.414 e. The average molecular weight is 516 g/mol. The molecule has 4 bridgehead atoms. The van der Waals surface area contributed by atoms with E-state index in [1.54, 1.807) is 12.0 Å². The first kappa shape index (κ1) is 23.1. The molecule has 4 heterocycles. The molecule has 1 N–H and O–H groups in total. The lowest BCUT2D eigenvalue weighted by Crippen LogP contribution is -2.50. The van der Waals surface area contributed by atoms with Gasteiger partial charge in [0.05, 0.1) is 19.8 Å². The van der Waals surface area contributed by atoms with Crippen LogP contribution in [0.4, 0.5) is 10.5 Å². The first-order chi connectivity index (χ1) is 15.7. The Morgan fingerprint density at radius 2 is 2.15 bits per heavy atom. The van der Waals surface area contributed by atoms with Gasteiger partial charge in [0.15, 0.2) is 0 Å². The van der Waals surface area contributed by atoms with Crippen molar-refractivity contribution in [3.8, 4) is 5.75 Å². The van der Waals surface area contributed by atoms with Crippen LogP contribution in [0.15, 0.2) is 30.0 Å². The van der Waals surface area contributed by atoms with E-state index >= 15 is 0 Å². The van der Waals surface area contributed by atoms with Gasteiger partial charge in [-0.3, -0.25) is 9.69 Å². The van der Waals surface area contributed by atoms with Crippen molar-refractivity contribution in [1.82, 2.24) is 4.90 Å². The number of methoxy groups -OCH3 is 1. The van der Waals surface area contributed by atoms with Crippen molar-refractivity contribution < 1.29 is 23.8 Å². The van der Waals surface area contributed by atoms with Crippen LogP contribution in [0.3, 0.4) is 0 Å². The van der Waals surface area contributed by atoms with E-state index in [0.29, 0.717) is 18.8 Å². The summed E-state index contributed by atoms with van der Waals surface area (Å²) in [7, 11) is 1.59. The Balaban J connectivity index is 1.57. The number of carbonyl (C=O) groups excluding carboxylic acids is 2. The fraction of sp³-hybridized carbons (Fsp3) is 0.565. The molecule has 0 radical (unpaired) electrons. The number of amides is 2. The Morgan fingerprint density at radius 3 is 2.85 bits per heavy atom. The number of hydrogen-bond acceptors (Lipinski definition) is 5. The molecule has 5 aliphatic rings. The van der Waals surface area contributed by atoms with Crippen LogP contribution in [0.5, 0.6) is 5.75 Å². The highest BCUT2D eigenvalue weighted by molar-refractivity contribution is 6.67. The summed E-state index contributed by atoms with van der Waals surface area (Å²) < 4.78 is 15.3. The molecule has 5 atom stereocenters. The Hall–Kier alpha value is -1.67. The highest BCUT2D eigenvalue weighted by atomic mass is 35.6. The van der Waals surface area contributed by atoms with Crippen LogP contribution < -0.4 is 10.1 Å². The van der Waals surface area contributed by atoms with E-state index in [4.69, 9.17) is 49.0 Å². The van der Waals surface area contributed by atoms with E-state index in [1.807, 2.05) is 24.4 Å². The number of nitrogens with one attached hydrogen (secondary N) is 1. The van der Waals surface area contributed by atoms with E-state index in [1.165, 1.54) is 0 Å². The van der Waals surface area contributed by atoms with Gasteiger partial charge in [0.25, 0.3) is 0 Å². The second-order valence-electron chi connectivity index (χ2n) is 9.07. The second kappa shape index (κ2) is 8.22. The van der Waals surface area contributed by atoms with Crippen LogP contribution in [0.25, 0.3) is 0 Å². The molecule has 10 heteroatoms. The van der Waals surface area contributed by atoms with Crippen molar-refractivity contribution in [1.29, 1.82) is 0 Å². The zero-order chi connectivity index (χ0) is 23.5. The maximum atomic E-state index is 13.6. The zero-order valence-electron chi connectivity index (χ0n) is 18.3. The summed E-state index contributed by atoms with van der Waals surface area (Å²) in [4.78, 5) is 28.3. The van der Waals surface area contributed by atoms with Gasteiger partial charge < -0.3 is 19.5 Å². The van der Waals surface area contributed by atoms with Crippen molar-refractivity contribution in [2.24, 2.45) is 11.8 Å². The van der Waals surface area contributed by atoms with Crippen LogP contribution in [-0.4, -0.2) is 53.2 Å². The number of anilines is 1. The molecule has 7 nitrogen and oxygen atoms in total. The number of alkyl halides is 3. The van der Waals surface area contributed by atoms with Crippen molar-refractivity contribution >= 4 is 52.5 Å². The summed E-state index contributed by atoms with van der Waals surface area (Å²) in [5, 5.41) is 3.03. The Morgan fingerprint density at radius 1 is 1.36 bits per heavy atom. The van der Waals surface area contributed by atoms with Gasteiger partial charge in [-0.15, -0.1) is 0 Å². The van der Waals surface area contributed by atoms with Crippen LogP contribution in [0.2, 0.25) is 0 Å². The van der Waals surface area contributed by atoms with Gasteiger partial charge in [-0.05, 0) is 36.8 Å². The molecule has 1 aliphatic carbocycles. The maximum absolute atomic E-state index is 13.6. The van der Waals surface area contributed by atoms with Crippen LogP contribution in [0.1, 0.15) is 31.7 Å². The number of ether oxygens (including phenoxy) is 3. The molecular weight excluding hydrogens is 491 g/mol. The number of rotatable bonds is 3. The standard InChI is InChI=1S/C23H25Cl3N2O5/c1-3-12-9-28(21(30)33-11-23(24,25)26)18-8-22(19-7-14(12)15(18)10-32-19)16-5-4-13(31-2)6-17(16)27-20(22)29/h4-6,9,14-15,18-19H,3,7-8,10-11H2,1-2H3,(H,27,29)/t14-,15-,18-,19+,22-/m0/s1. The summed E-state index contributed by atoms with van der Waals surface area (Å²) in [6.07, 6.45) is 2.89. The van der Waals surface area contributed by atoms with Crippen molar-refractivity contribution in [3.05, 3.63) is 35.5 Å². The first-order valence-electron chi connectivity index (χ1n) is 11.0. The van der Waals surface area contributed by atoms with E-state index in [0.717, 1.165) is 29.7 Å². The van der Waals surface area contributed by atoms with Crippen molar-refractivity contribution in [2.45, 2.75) is 47.5 Å². The lowest BCUT2D eigenvalue weighted by molar-refractivity contribution is -0.129. The number of nitrogens with zero attached hydrogens (tertiary/aromatic N) is 1. The SMILES string of the molecule is CCC1=CN(C(=O)OCC(Cl)(Cl)Cl)[C@H]2C[C@@]3(C(=O)Nc4cc(OC)ccc43)[C@H]3C[C@@H]1[C@@H]2CO3. The van der Waals surface area contributed by atoms with E-state index in [-0.39, 0.29) is 36.5 Å². The quantitative estimate of drug-likeness (QED) is 0.586. The summed E-state index contributed by atoms with van der Waals surface area (Å²) in [5.41, 5.74) is 1.82. The van der Waals surface area contributed by atoms with Gasteiger partial charge in [-0.1, -0.05) is 53.4 Å². The molecule has 0 unspecified atom stereocenters. The van der Waals surface area contributed by atoms with Gasteiger partial charge in [0, 0.05) is 29.9 Å². The van der Waals surface area contributed by atoms with Gasteiger partial charge in [-0.2, -0.15) is 0 Å². The second-order valence-corrected chi connectivity index (χ2v) is 11.6. The molecule has 1 aromatic carbocycles. The molecular formula is C23H25Cl3N2O5. The molecule has 3 fully saturated rings. The number of fused-ring (bicyclic) bond motifs is 2. The molecule has 1 aromatic rings. The summed E-state index contributed by atoms with van der Waals surface area (Å²) in [5.74, 6) is 0.827. The fourth-order valence-electron chi connectivity index (χ4n) is 6.03. The van der Waals surface area contributed by atoms with E-state index in [9.17, 15) is 9.59 Å². The topological polar surface area (TPSA) is 77.1 Å². The monoisotopic (exact) mass is 514 g/mol. The van der Waals surface area contributed by atoms with Crippen LogP contribution in [-0.2, 0) is 19.7 Å². The minimum atomic E-state index is -1.71. The van der Waals surface area contributed by atoms with Crippen LogP contribution in [0, 0.1) is 11.8 Å². The smallest absolute Gasteiger partial charge is 0.414 e. The van der Waals surface area contributed by atoms with Gasteiger partial charge in [0.1, 0.15) is 17.8 Å². The predicted octanol–water partition coefficient (Wildman–Crippen LogP) is 4.80. The van der Waals surface area contributed by atoms with Gasteiger partial charge in [-0.25, -0.2) is 4.79 Å². The summed E-state index contributed by atoms with van der Waals surface area (Å²) in [6.45, 7) is 2.17. The molecule has 6 rings (SSSR count). The molecule has 178 valence electrons.